The average Bonchev–Trinajstić information content (AvgIpc) is 2.78. The van der Waals surface area contributed by atoms with Gasteiger partial charge in [-0.05, 0) is 50.6 Å². The molecule has 0 heterocycles. The van der Waals surface area contributed by atoms with E-state index in [1.165, 1.54) is 25.8 Å². The Hall–Kier alpha value is -0.770. The van der Waals surface area contributed by atoms with Crippen molar-refractivity contribution in [1.82, 2.24) is 5.32 Å². The summed E-state index contributed by atoms with van der Waals surface area (Å²) in [5.74, 6) is 2.15. The van der Waals surface area contributed by atoms with Gasteiger partial charge in [-0.3, -0.25) is 0 Å². The van der Waals surface area contributed by atoms with Gasteiger partial charge in [-0.25, -0.2) is 0 Å². The molecule has 1 aliphatic carbocycles. The maximum absolute atomic E-state index is 8.70. The van der Waals surface area contributed by atoms with Crippen molar-refractivity contribution < 1.29 is 5.21 Å². The first-order valence-corrected chi connectivity index (χ1v) is 7.64. The molecule has 0 saturated heterocycles. The molecule has 0 aliphatic heterocycles. The summed E-state index contributed by atoms with van der Waals surface area (Å²) in [6.07, 6.45) is 7.42. The molecule has 0 aromatic heterocycles. The number of amidine groups is 1. The van der Waals surface area contributed by atoms with Gasteiger partial charge in [0.2, 0.25) is 0 Å². The summed E-state index contributed by atoms with van der Waals surface area (Å²) in [5.41, 5.74) is 5.47. The molecule has 4 N–H and O–H groups in total. The molecule has 0 aromatic carbocycles. The smallest absolute Gasteiger partial charge is 0.144 e. The first-order valence-electron chi connectivity index (χ1n) is 7.64. The van der Waals surface area contributed by atoms with E-state index in [0.717, 1.165) is 37.6 Å². The summed E-state index contributed by atoms with van der Waals surface area (Å²) >= 11 is 0. The van der Waals surface area contributed by atoms with Crippen LogP contribution in [0.3, 0.4) is 0 Å². The summed E-state index contributed by atoms with van der Waals surface area (Å²) in [7, 11) is 0. The molecule has 1 fully saturated rings. The Kier molecular flexibility index (Phi) is 6.63. The highest BCUT2D eigenvalue weighted by Crippen LogP contribution is 2.29. The van der Waals surface area contributed by atoms with Crippen LogP contribution in [0.2, 0.25) is 0 Å². The van der Waals surface area contributed by atoms with Gasteiger partial charge in [-0.15, -0.1) is 0 Å². The van der Waals surface area contributed by atoms with Crippen molar-refractivity contribution in [3.8, 4) is 0 Å². The van der Waals surface area contributed by atoms with Gasteiger partial charge in [-0.2, -0.15) is 0 Å². The van der Waals surface area contributed by atoms with E-state index >= 15 is 0 Å². The van der Waals surface area contributed by atoms with Crippen molar-refractivity contribution in [3.05, 3.63) is 0 Å². The zero-order chi connectivity index (χ0) is 14.3. The number of oxime groups is 1. The highest BCUT2D eigenvalue weighted by molar-refractivity contribution is 5.85. The molecule has 0 aromatic rings. The monoisotopic (exact) mass is 269 g/mol. The predicted octanol–water partition coefficient (Wildman–Crippen LogP) is 2.96. The number of nitrogens with one attached hydrogen (secondary N) is 1. The number of unbranched alkanes of at least 4 members (excludes halogenated alkanes) is 1. The second-order valence-electron chi connectivity index (χ2n) is 6.81. The van der Waals surface area contributed by atoms with Gasteiger partial charge in [0.25, 0.3) is 0 Å². The Bertz CT molecular complexity index is 289. The Morgan fingerprint density at radius 1 is 1.37 bits per heavy atom. The molecular formula is C15H31N3O. The van der Waals surface area contributed by atoms with Gasteiger partial charge in [0.1, 0.15) is 5.84 Å². The van der Waals surface area contributed by atoms with E-state index < -0.39 is 0 Å². The molecule has 4 heteroatoms. The molecule has 0 bridgehead atoms. The molecule has 0 radical (unpaired) electrons. The van der Waals surface area contributed by atoms with Gasteiger partial charge < -0.3 is 16.3 Å². The van der Waals surface area contributed by atoms with E-state index in [9.17, 15) is 0 Å². The molecule has 2 atom stereocenters. The third-order valence-corrected chi connectivity index (χ3v) is 4.44. The minimum absolute atomic E-state index is 0.199. The number of hydrogen-bond acceptors (Lipinski definition) is 3. The van der Waals surface area contributed by atoms with Crippen molar-refractivity contribution >= 4 is 5.84 Å². The SMILES string of the molecule is CC1CCC(CNCCCCC(C)(C)C(N)=NO)C1. The van der Waals surface area contributed by atoms with E-state index in [-0.39, 0.29) is 5.41 Å². The molecule has 2 unspecified atom stereocenters. The van der Waals surface area contributed by atoms with Crippen LogP contribution >= 0.6 is 0 Å². The molecule has 1 rings (SSSR count). The van der Waals surface area contributed by atoms with E-state index in [1.807, 2.05) is 13.8 Å². The minimum Gasteiger partial charge on any atom is -0.409 e. The van der Waals surface area contributed by atoms with Gasteiger partial charge in [0, 0.05) is 5.41 Å². The minimum atomic E-state index is -0.199. The lowest BCUT2D eigenvalue weighted by Crippen LogP contribution is -2.32. The largest absolute Gasteiger partial charge is 0.409 e. The van der Waals surface area contributed by atoms with Crippen molar-refractivity contribution in [2.24, 2.45) is 28.1 Å². The molecule has 4 nitrogen and oxygen atoms in total. The zero-order valence-electron chi connectivity index (χ0n) is 12.8. The molecule has 1 saturated carbocycles. The first kappa shape index (κ1) is 16.3. The van der Waals surface area contributed by atoms with Crippen molar-refractivity contribution in [1.29, 1.82) is 0 Å². The summed E-state index contributed by atoms with van der Waals surface area (Å²) in [5, 5.41) is 15.4. The molecular weight excluding hydrogens is 238 g/mol. The van der Waals surface area contributed by atoms with Crippen LogP contribution in [0.25, 0.3) is 0 Å². The second kappa shape index (κ2) is 7.73. The lowest BCUT2D eigenvalue weighted by molar-refractivity contribution is 0.304. The van der Waals surface area contributed by atoms with E-state index in [1.54, 1.807) is 0 Å². The van der Waals surface area contributed by atoms with Gasteiger partial charge >= 0.3 is 0 Å². The molecule has 0 amide bonds. The Balaban J connectivity index is 2.02. The van der Waals surface area contributed by atoms with Crippen LogP contribution in [0.5, 0.6) is 0 Å². The van der Waals surface area contributed by atoms with Crippen LogP contribution in [0.4, 0.5) is 0 Å². The van der Waals surface area contributed by atoms with Crippen LogP contribution in [-0.4, -0.2) is 24.1 Å². The fourth-order valence-corrected chi connectivity index (χ4v) is 2.90. The average molecular weight is 269 g/mol. The highest BCUT2D eigenvalue weighted by atomic mass is 16.4. The van der Waals surface area contributed by atoms with Gasteiger partial charge in [0.15, 0.2) is 0 Å². The fourth-order valence-electron chi connectivity index (χ4n) is 2.90. The van der Waals surface area contributed by atoms with Crippen LogP contribution in [0, 0.1) is 17.3 Å². The van der Waals surface area contributed by atoms with Gasteiger partial charge in [0.05, 0.1) is 0 Å². The quantitative estimate of drug-likeness (QED) is 0.209. The standard InChI is InChI=1S/C15H31N3O/c1-12-6-7-13(10-12)11-17-9-5-4-8-15(2,3)14(16)18-19/h12-13,17,19H,4-11H2,1-3H3,(H2,16,18). The van der Waals surface area contributed by atoms with Gasteiger partial charge in [-0.1, -0.05) is 38.8 Å². The molecule has 112 valence electrons. The van der Waals surface area contributed by atoms with Crippen molar-refractivity contribution in [2.45, 2.75) is 59.3 Å². The Morgan fingerprint density at radius 3 is 2.68 bits per heavy atom. The fraction of sp³-hybridized carbons (Fsp3) is 0.933. The highest BCUT2D eigenvalue weighted by Gasteiger charge is 2.23. The topological polar surface area (TPSA) is 70.6 Å². The van der Waals surface area contributed by atoms with E-state index in [0.29, 0.717) is 5.84 Å². The normalized spacial score (nSPS) is 24.9. The van der Waals surface area contributed by atoms with Crippen LogP contribution in [0.1, 0.15) is 59.3 Å². The van der Waals surface area contributed by atoms with Crippen LogP contribution in [-0.2, 0) is 0 Å². The summed E-state index contributed by atoms with van der Waals surface area (Å²) in [4.78, 5) is 0. The van der Waals surface area contributed by atoms with E-state index in [4.69, 9.17) is 10.9 Å². The summed E-state index contributed by atoms with van der Waals surface area (Å²) < 4.78 is 0. The Labute approximate surface area is 117 Å². The lowest BCUT2D eigenvalue weighted by atomic mass is 9.86. The third-order valence-electron chi connectivity index (χ3n) is 4.44. The second-order valence-corrected chi connectivity index (χ2v) is 6.81. The lowest BCUT2D eigenvalue weighted by Gasteiger charge is -2.22. The van der Waals surface area contributed by atoms with Crippen LogP contribution in [0.15, 0.2) is 5.16 Å². The van der Waals surface area contributed by atoms with Crippen molar-refractivity contribution in [3.63, 3.8) is 0 Å². The maximum atomic E-state index is 8.70. The molecule has 1 aliphatic rings. The zero-order valence-corrected chi connectivity index (χ0v) is 12.8. The molecule has 19 heavy (non-hydrogen) atoms. The van der Waals surface area contributed by atoms with E-state index in [2.05, 4.69) is 17.4 Å². The number of rotatable bonds is 8. The summed E-state index contributed by atoms with van der Waals surface area (Å²) in [6.45, 7) is 8.66. The third kappa shape index (κ3) is 5.81. The number of hydrogen-bond donors (Lipinski definition) is 3. The first-order chi connectivity index (χ1) is 8.95. The molecule has 0 spiro atoms. The number of nitrogens with zero attached hydrogens (tertiary/aromatic N) is 1. The Morgan fingerprint density at radius 2 is 2.11 bits per heavy atom. The predicted molar refractivity (Wildman–Crippen MR) is 80.4 cm³/mol. The van der Waals surface area contributed by atoms with Crippen LogP contribution < -0.4 is 11.1 Å². The van der Waals surface area contributed by atoms with Crippen molar-refractivity contribution in [2.75, 3.05) is 13.1 Å². The maximum Gasteiger partial charge on any atom is 0.144 e. The summed E-state index contributed by atoms with van der Waals surface area (Å²) in [6, 6.07) is 0. The number of nitrogens with two attached hydrogens (primary N) is 1.